The van der Waals surface area contributed by atoms with Gasteiger partial charge in [0.15, 0.2) is 0 Å². The molecule has 0 aliphatic carbocycles. The summed E-state index contributed by atoms with van der Waals surface area (Å²) in [6.07, 6.45) is 0.991. The van der Waals surface area contributed by atoms with Crippen LogP contribution in [-0.2, 0) is 6.42 Å². The van der Waals surface area contributed by atoms with Gasteiger partial charge in [0, 0.05) is 49.7 Å². The molecule has 0 aromatic heterocycles. The van der Waals surface area contributed by atoms with Crippen LogP contribution in [0.25, 0.3) is 0 Å². The van der Waals surface area contributed by atoms with Crippen molar-refractivity contribution in [1.82, 2.24) is 4.90 Å². The Kier molecular flexibility index (Phi) is 3.76. The van der Waals surface area contributed by atoms with E-state index in [-0.39, 0.29) is 11.7 Å². The van der Waals surface area contributed by atoms with Crippen LogP contribution in [0.5, 0.6) is 5.75 Å². The standard InChI is InChI=1S/C19H21N3O2/c23-17-4-2-16(3-5-17)21-9-11-22(12-10-21)19(24)15-1-6-18-14(13-15)7-8-20-18/h1-6,13,20,23H,7-12H2. The molecule has 2 heterocycles. The normalized spacial score (nSPS) is 16.7. The van der Waals surface area contributed by atoms with Gasteiger partial charge < -0.3 is 20.2 Å². The number of benzene rings is 2. The zero-order valence-electron chi connectivity index (χ0n) is 13.5. The Labute approximate surface area is 141 Å². The minimum atomic E-state index is 0.120. The molecule has 2 aromatic carbocycles. The maximum atomic E-state index is 12.7. The number of fused-ring (bicyclic) bond motifs is 1. The first-order chi connectivity index (χ1) is 11.7. The van der Waals surface area contributed by atoms with Gasteiger partial charge in [0.1, 0.15) is 5.75 Å². The maximum absolute atomic E-state index is 12.7. The summed E-state index contributed by atoms with van der Waals surface area (Å²) in [6.45, 7) is 4.01. The van der Waals surface area contributed by atoms with Crippen molar-refractivity contribution in [2.24, 2.45) is 0 Å². The zero-order valence-corrected chi connectivity index (χ0v) is 13.5. The molecule has 1 saturated heterocycles. The molecule has 0 saturated carbocycles. The molecule has 4 rings (SSSR count). The van der Waals surface area contributed by atoms with Crippen molar-refractivity contribution in [3.8, 4) is 5.75 Å². The van der Waals surface area contributed by atoms with E-state index in [0.29, 0.717) is 0 Å². The summed E-state index contributed by atoms with van der Waals surface area (Å²) >= 11 is 0. The third-order valence-corrected chi connectivity index (χ3v) is 4.84. The van der Waals surface area contributed by atoms with Gasteiger partial charge in [-0.2, -0.15) is 0 Å². The molecule has 5 nitrogen and oxygen atoms in total. The van der Waals surface area contributed by atoms with Crippen molar-refractivity contribution in [3.63, 3.8) is 0 Å². The lowest BCUT2D eigenvalue weighted by atomic mass is 10.1. The van der Waals surface area contributed by atoms with E-state index in [9.17, 15) is 9.90 Å². The predicted molar refractivity (Wildman–Crippen MR) is 94.9 cm³/mol. The average molecular weight is 323 g/mol. The van der Waals surface area contributed by atoms with Crippen molar-refractivity contribution >= 4 is 17.3 Å². The monoisotopic (exact) mass is 323 g/mol. The van der Waals surface area contributed by atoms with Crippen LogP contribution in [0.15, 0.2) is 42.5 Å². The molecule has 2 N–H and O–H groups in total. The van der Waals surface area contributed by atoms with Crippen molar-refractivity contribution in [2.45, 2.75) is 6.42 Å². The van der Waals surface area contributed by atoms with Gasteiger partial charge in [-0.3, -0.25) is 4.79 Å². The molecule has 0 radical (unpaired) electrons. The molecule has 0 spiro atoms. The molecule has 124 valence electrons. The fourth-order valence-electron chi connectivity index (χ4n) is 3.45. The highest BCUT2D eigenvalue weighted by atomic mass is 16.3. The lowest BCUT2D eigenvalue weighted by Crippen LogP contribution is -2.48. The smallest absolute Gasteiger partial charge is 0.253 e. The summed E-state index contributed by atoms with van der Waals surface area (Å²) in [4.78, 5) is 16.9. The number of rotatable bonds is 2. The number of hydrogen-bond acceptors (Lipinski definition) is 4. The molecule has 2 aliphatic heterocycles. The minimum Gasteiger partial charge on any atom is -0.508 e. The number of carbonyl (C=O) groups is 1. The number of phenols is 1. The molecular formula is C19H21N3O2. The predicted octanol–water partition coefficient (Wildman–Crippen LogP) is 2.32. The molecular weight excluding hydrogens is 302 g/mol. The Balaban J connectivity index is 1.42. The molecule has 5 heteroatoms. The van der Waals surface area contributed by atoms with E-state index < -0.39 is 0 Å². The molecule has 0 atom stereocenters. The second-order valence-corrected chi connectivity index (χ2v) is 6.34. The van der Waals surface area contributed by atoms with Crippen molar-refractivity contribution in [1.29, 1.82) is 0 Å². The van der Waals surface area contributed by atoms with E-state index >= 15 is 0 Å². The Morgan fingerprint density at radius 1 is 1.00 bits per heavy atom. The number of nitrogens with zero attached hydrogens (tertiary/aromatic N) is 2. The molecule has 2 aromatic rings. The lowest BCUT2D eigenvalue weighted by Gasteiger charge is -2.36. The number of carbonyl (C=O) groups excluding carboxylic acids is 1. The first-order valence-corrected chi connectivity index (χ1v) is 8.41. The SMILES string of the molecule is O=C(c1ccc2c(c1)CCN2)N1CCN(c2ccc(O)cc2)CC1. The van der Waals surface area contributed by atoms with E-state index in [1.807, 2.05) is 35.2 Å². The van der Waals surface area contributed by atoms with Crippen molar-refractivity contribution < 1.29 is 9.90 Å². The second kappa shape index (κ2) is 6.07. The Morgan fingerprint density at radius 3 is 2.50 bits per heavy atom. The van der Waals surface area contributed by atoms with Crippen LogP contribution >= 0.6 is 0 Å². The van der Waals surface area contributed by atoms with Crippen LogP contribution in [0.3, 0.4) is 0 Å². The van der Waals surface area contributed by atoms with Gasteiger partial charge >= 0.3 is 0 Å². The number of hydrogen-bond donors (Lipinski definition) is 2. The minimum absolute atomic E-state index is 0.120. The molecule has 1 fully saturated rings. The Morgan fingerprint density at radius 2 is 1.75 bits per heavy atom. The Bertz CT molecular complexity index is 750. The largest absolute Gasteiger partial charge is 0.508 e. The van der Waals surface area contributed by atoms with Gasteiger partial charge in [-0.25, -0.2) is 0 Å². The van der Waals surface area contributed by atoms with E-state index in [2.05, 4.69) is 10.2 Å². The first kappa shape index (κ1) is 14.9. The van der Waals surface area contributed by atoms with Crippen molar-refractivity contribution in [2.75, 3.05) is 42.9 Å². The highest BCUT2D eigenvalue weighted by Crippen LogP contribution is 2.24. The quantitative estimate of drug-likeness (QED) is 0.890. The van der Waals surface area contributed by atoms with Crippen LogP contribution in [0.4, 0.5) is 11.4 Å². The van der Waals surface area contributed by atoms with Gasteiger partial charge in [0.25, 0.3) is 5.91 Å². The van der Waals surface area contributed by atoms with Gasteiger partial charge in [-0.1, -0.05) is 0 Å². The Hall–Kier alpha value is -2.69. The van der Waals surface area contributed by atoms with E-state index in [0.717, 1.165) is 56.1 Å². The summed E-state index contributed by atoms with van der Waals surface area (Å²) in [5.41, 5.74) is 4.27. The molecule has 2 aliphatic rings. The summed E-state index contributed by atoms with van der Waals surface area (Å²) in [7, 11) is 0. The molecule has 0 unspecified atom stereocenters. The second-order valence-electron chi connectivity index (χ2n) is 6.34. The molecule has 1 amide bonds. The fraction of sp³-hybridized carbons (Fsp3) is 0.316. The number of anilines is 2. The van der Waals surface area contributed by atoms with Gasteiger partial charge in [-0.15, -0.1) is 0 Å². The zero-order chi connectivity index (χ0) is 16.5. The fourth-order valence-corrected chi connectivity index (χ4v) is 3.45. The van der Waals surface area contributed by atoms with Crippen molar-refractivity contribution in [3.05, 3.63) is 53.6 Å². The van der Waals surface area contributed by atoms with Gasteiger partial charge in [-0.05, 0) is 54.4 Å². The van der Waals surface area contributed by atoms with E-state index in [4.69, 9.17) is 0 Å². The number of piperazine rings is 1. The van der Waals surface area contributed by atoms with E-state index in [1.165, 1.54) is 5.56 Å². The highest BCUT2D eigenvalue weighted by Gasteiger charge is 2.23. The summed E-state index contributed by atoms with van der Waals surface area (Å²) in [5.74, 6) is 0.397. The number of phenolic OH excluding ortho intramolecular Hbond substituents is 1. The third kappa shape index (κ3) is 2.77. The maximum Gasteiger partial charge on any atom is 0.253 e. The van der Waals surface area contributed by atoms with Crippen LogP contribution in [-0.4, -0.2) is 48.6 Å². The number of aromatic hydroxyl groups is 1. The average Bonchev–Trinajstić information content (AvgIpc) is 3.09. The number of amides is 1. The van der Waals surface area contributed by atoms with Crippen LogP contribution in [0, 0.1) is 0 Å². The number of nitrogens with one attached hydrogen (secondary N) is 1. The highest BCUT2D eigenvalue weighted by molar-refractivity contribution is 5.95. The van der Waals surface area contributed by atoms with Crippen LogP contribution in [0.2, 0.25) is 0 Å². The van der Waals surface area contributed by atoms with Crippen LogP contribution < -0.4 is 10.2 Å². The van der Waals surface area contributed by atoms with Crippen LogP contribution in [0.1, 0.15) is 15.9 Å². The summed E-state index contributed by atoms with van der Waals surface area (Å²) in [5, 5.41) is 12.7. The first-order valence-electron chi connectivity index (χ1n) is 8.41. The van der Waals surface area contributed by atoms with E-state index in [1.54, 1.807) is 12.1 Å². The third-order valence-electron chi connectivity index (χ3n) is 4.84. The topological polar surface area (TPSA) is 55.8 Å². The van der Waals surface area contributed by atoms with Gasteiger partial charge in [0.05, 0.1) is 0 Å². The lowest BCUT2D eigenvalue weighted by molar-refractivity contribution is 0.0746. The molecule has 0 bridgehead atoms. The summed E-state index contributed by atoms with van der Waals surface area (Å²) < 4.78 is 0. The van der Waals surface area contributed by atoms with Gasteiger partial charge in [0.2, 0.25) is 0 Å². The molecule has 24 heavy (non-hydrogen) atoms. The summed E-state index contributed by atoms with van der Waals surface area (Å²) in [6, 6.07) is 13.2.